The molecule has 1 aromatic heterocycles. The first-order chi connectivity index (χ1) is 6.36. The largest absolute Gasteiger partial charge is 0.348 e. The lowest BCUT2D eigenvalue weighted by Gasteiger charge is -1.98. The summed E-state index contributed by atoms with van der Waals surface area (Å²) < 4.78 is 0. The van der Waals surface area contributed by atoms with E-state index in [4.69, 9.17) is 0 Å². The third-order valence-corrected chi connectivity index (χ3v) is 2.15. The van der Waals surface area contributed by atoms with Crippen molar-refractivity contribution in [3.05, 3.63) is 53.6 Å². The van der Waals surface area contributed by atoms with E-state index in [1.165, 1.54) is 5.56 Å². The molecule has 0 fully saturated rings. The van der Waals surface area contributed by atoms with Crippen molar-refractivity contribution in [1.82, 2.24) is 9.97 Å². The molecule has 0 aliphatic heterocycles. The number of aromatic amines is 1. The van der Waals surface area contributed by atoms with Crippen LogP contribution in [0.2, 0.25) is 0 Å². The van der Waals surface area contributed by atoms with Gasteiger partial charge in [-0.1, -0.05) is 30.3 Å². The van der Waals surface area contributed by atoms with Crippen molar-refractivity contribution in [3.63, 3.8) is 0 Å². The summed E-state index contributed by atoms with van der Waals surface area (Å²) in [5, 5.41) is 0. The van der Waals surface area contributed by atoms with Gasteiger partial charge in [0.15, 0.2) is 0 Å². The van der Waals surface area contributed by atoms with E-state index in [9.17, 15) is 0 Å². The molecule has 66 valence electrons. The maximum absolute atomic E-state index is 4.26. The maximum atomic E-state index is 4.26. The first-order valence-electron chi connectivity index (χ1n) is 4.39. The van der Waals surface area contributed by atoms with Crippen molar-refractivity contribution in [3.8, 4) is 0 Å². The molecular formula is C11H12N2. The highest BCUT2D eigenvalue weighted by Gasteiger charge is 2.00. The van der Waals surface area contributed by atoms with Crippen LogP contribution in [0.25, 0.3) is 0 Å². The highest BCUT2D eigenvalue weighted by Crippen LogP contribution is 2.08. The Labute approximate surface area is 77.6 Å². The van der Waals surface area contributed by atoms with Crippen LogP contribution in [-0.2, 0) is 6.42 Å². The van der Waals surface area contributed by atoms with Gasteiger partial charge < -0.3 is 4.98 Å². The lowest BCUT2D eigenvalue weighted by Crippen LogP contribution is -1.90. The summed E-state index contributed by atoms with van der Waals surface area (Å²) in [6, 6.07) is 10.4. The van der Waals surface area contributed by atoms with Crippen LogP contribution in [0.3, 0.4) is 0 Å². The molecule has 0 amide bonds. The van der Waals surface area contributed by atoms with Gasteiger partial charge in [0.05, 0.1) is 12.0 Å². The van der Waals surface area contributed by atoms with Crippen molar-refractivity contribution in [2.24, 2.45) is 0 Å². The van der Waals surface area contributed by atoms with Gasteiger partial charge in [-0.15, -0.1) is 0 Å². The van der Waals surface area contributed by atoms with Gasteiger partial charge in [0.1, 0.15) is 0 Å². The van der Waals surface area contributed by atoms with Crippen molar-refractivity contribution < 1.29 is 0 Å². The molecule has 2 heteroatoms. The molecule has 0 atom stereocenters. The maximum Gasteiger partial charge on any atom is 0.0925 e. The van der Waals surface area contributed by atoms with Crippen LogP contribution in [0.4, 0.5) is 0 Å². The van der Waals surface area contributed by atoms with Gasteiger partial charge in [-0.3, -0.25) is 0 Å². The van der Waals surface area contributed by atoms with E-state index in [1.807, 2.05) is 13.0 Å². The quantitative estimate of drug-likeness (QED) is 0.739. The fraction of sp³-hybridized carbons (Fsp3) is 0.182. The molecule has 13 heavy (non-hydrogen) atoms. The Morgan fingerprint density at radius 3 is 2.62 bits per heavy atom. The first-order valence-corrected chi connectivity index (χ1v) is 4.39. The molecule has 0 spiro atoms. The summed E-state index contributed by atoms with van der Waals surface area (Å²) in [4.78, 5) is 7.33. The van der Waals surface area contributed by atoms with Crippen LogP contribution >= 0.6 is 0 Å². The molecule has 1 aromatic carbocycles. The van der Waals surface area contributed by atoms with Crippen LogP contribution in [-0.4, -0.2) is 9.97 Å². The summed E-state index contributed by atoms with van der Waals surface area (Å²) in [5.41, 5.74) is 3.59. The molecule has 1 N–H and O–H groups in total. The molecule has 1 heterocycles. The van der Waals surface area contributed by atoms with E-state index >= 15 is 0 Å². The van der Waals surface area contributed by atoms with E-state index in [-0.39, 0.29) is 0 Å². The van der Waals surface area contributed by atoms with Gasteiger partial charge in [-0.25, -0.2) is 4.98 Å². The number of hydrogen-bond acceptors (Lipinski definition) is 1. The number of H-pyrrole nitrogens is 1. The van der Waals surface area contributed by atoms with Crippen LogP contribution in [0, 0.1) is 6.92 Å². The predicted octanol–water partition coefficient (Wildman–Crippen LogP) is 2.31. The summed E-state index contributed by atoms with van der Waals surface area (Å²) >= 11 is 0. The molecule has 2 rings (SSSR count). The molecule has 0 unspecified atom stereocenters. The number of imidazole rings is 1. The Hall–Kier alpha value is -1.57. The van der Waals surface area contributed by atoms with Crippen molar-refractivity contribution >= 4 is 0 Å². The molecule has 0 saturated carbocycles. The van der Waals surface area contributed by atoms with Crippen molar-refractivity contribution in [1.29, 1.82) is 0 Å². The molecular weight excluding hydrogens is 160 g/mol. The number of nitrogens with one attached hydrogen (secondary N) is 1. The number of rotatable bonds is 2. The fourth-order valence-electron chi connectivity index (χ4n) is 1.35. The zero-order chi connectivity index (χ0) is 9.10. The predicted molar refractivity (Wildman–Crippen MR) is 52.6 cm³/mol. The van der Waals surface area contributed by atoms with Crippen LogP contribution in [0.1, 0.15) is 17.0 Å². The zero-order valence-electron chi connectivity index (χ0n) is 7.62. The Bertz CT molecular complexity index is 376. The SMILES string of the molecule is Cc1[nH]cnc1Cc1ccccc1. The number of aromatic nitrogens is 2. The smallest absolute Gasteiger partial charge is 0.0925 e. The Balaban J connectivity index is 2.20. The number of hydrogen-bond donors (Lipinski definition) is 1. The minimum atomic E-state index is 0.913. The second kappa shape index (κ2) is 3.44. The molecule has 2 nitrogen and oxygen atoms in total. The van der Waals surface area contributed by atoms with E-state index in [0.29, 0.717) is 0 Å². The summed E-state index contributed by atoms with van der Waals surface area (Å²) in [6.07, 6.45) is 2.66. The average Bonchev–Trinajstić information content (AvgIpc) is 2.54. The van der Waals surface area contributed by atoms with Gasteiger partial charge in [0.25, 0.3) is 0 Å². The van der Waals surface area contributed by atoms with Crippen molar-refractivity contribution in [2.75, 3.05) is 0 Å². The fourth-order valence-corrected chi connectivity index (χ4v) is 1.35. The van der Waals surface area contributed by atoms with Gasteiger partial charge in [-0.2, -0.15) is 0 Å². The Kier molecular flexibility index (Phi) is 2.13. The number of aryl methyl sites for hydroxylation is 1. The summed E-state index contributed by atoms with van der Waals surface area (Å²) in [7, 11) is 0. The van der Waals surface area contributed by atoms with E-state index < -0.39 is 0 Å². The van der Waals surface area contributed by atoms with Crippen LogP contribution in [0.15, 0.2) is 36.7 Å². The van der Waals surface area contributed by atoms with Gasteiger partial charge >= 0.3 is 0 Å². The van der Waals surface area contributed by atoms with E-state index in [0.717, 1.165) is 17.8 Å². The molecule has 0 saturated heterocycles. The Morgan fingerprint density at radius 2 is 2.00 bits per heavy atom. The molecule has 0 radical (unpaired) electrons. The van der Waals surface area contributed by atoms with Crippen LogP contribution < -0.4 is 0 Å². The third-order valence-electron chi connectivity index (χ3n) is 2.15. The third kappa shape index (κ3) is 1.78. The van der Waals surface area contributed by atoms with Gasteiger partial charge in [-0.05, 0) is 12.5 Å². The first kappa shape index (κ1) is 8.05. The van der Waals surface area contributed by atoms with Gasteiger partial charge in [0, 0.05) is 12.1 Å². The lowest BCUT2D eigenvalue weighted by molar-refractivity contribution is 1.08. The zero-order valence-corrected chi connectivity index (χ0v) is 7.62. The monoisotopic (exact) mass is 172 g/mol. The standard InChI is InChI=1S/C11H12N2/c1-9-11(13-8-12-9)7-10-5-3-2-4-6-10/h2-6,8H,7H2,1H3,(H,12,13). The Morgan fingerprint density at radius 1 is 1.23 bits per heavy atom. The lowest BCUT2D eigenvalue weighted by atomic mass is 10.1. The van der Waals surface area contributed by atoms with Crippen molar-refractivity contribution in [2.45, 2.75) is 13.3 Å². The topological polar surface area (TPSA) is 28.7 Å². The summed E-state index contributed by atoms with van der Waals surface area (Å²) in [6.45, 7) is 2.05. The second-order valence-electron chi connectivity index (χ2n) is 3.14. The number of benzene rings is 1. The highest BCUT2D eigenvalue weighted by atomic mass is 14.9. The van der Waals surface area contributed by atoms with Gasteiger partial charge in [0.2, 0.25) is 0 Å². The minimum Gasteiger partial charge on any atom is -0.348 e. The van der Waals surface area contributed by atoms with E-state index in [2.05, 4.69) is 34.2 Å². The highest BCUT2D eigenvalue weighted by molar-refractivity contribution is 5.23. The average molecular weight is 172 g/mol. The molecule has 2 aromatic rings. The van der Waals surface area contributed by atoms with Crippen LogP contribution in [0.5, 0.6) is 0 Å². The minimum absolute atomic E-state index is 0.913. The molecule has 0 aliphatic rings. The molecule has 0 bridgehead atoms. The normalized spacial score (nSPS) is 10.2. The van der Waals surface area contributed by atoms with E-state index in [1.54, 1.807) is 6.33 Å². The summed E-state index contributed by atoms with van der Waals surface area (Å²) in [5.74, 6) is 0. The molecule has 0 aliphatic carbocycles. The second-order valence-corrected chi connectivity index (χ2v) is 3.14. The number of nitrogens with zero attached hydrogens (tertiary/aromatic N) is 1.